The van der Waals surface area contributed by atoms with Crippen molar-refractivity contribution >= 4 is 0 Å². The normalized spacial score (nSPS) is 26.6. The maximum atomic E-state index is 6.76. The van der Waals surface area contributed by atoms with E-state index in [0.29, 0.717) is 11.8 Å². The van der Waals surface area contributed by atoms with Crippen LogP contribution in [0.25, 0.3) is 0 Å². The maximum Gasteiger partial charge on any atom is 0.127 e. The van der Waals surface area contributed by atoms with Crippen LogP contribution in [0.15, 0.2) is 18.2 Å². The number of benzene rings is 1. The van der Waals surface area contributed by atoms with Gasteiger partial charge in [0.05, 0.1) is 14.2 Å². The van der Waals surface area contributed by atoms with Crippen LogP contribution in [-0.4, -0.2) is 14.2 Å². The summed E-state index contributed by atoms with van der Waals surface area (Å²) in [5.41, 5.74) is 7.60. The first kappa shape index (κ1) is 15.2. The van der Waals surface area contributed by atoms with Gasteiger partial charge < -0.3 is 15.2 Å². The topological polar surface area (TPSA) is 44.5 Å². The molecule has 3 heteroatoms. The zero-order valence-electron chi connectivity index (χ0n) is 13.1. The van der Waals surface area contributed by atoms with E-state index in [1.165, 1.54) is 12.8 Å². The fraction of sp³-hybridized carbons (Fsp3) is 0.647. The molecule has 1 aromatic rings. The first-order valence-corrected chi connectivity index (χ1v) is 7.51. The fourth-order valence-electron chi connectivity index (χ4n) is 3.38. The predicted octanol–water partition coefficient (Wildman–Crippen LogP) is 3.70. The molecule has 0 bridgehead atoms. The van der Waals surface area contributed by atoms with Crippen LogP contribution in [0.2, 0.25) is 0 Å². The Kier molecular flexibility index (Phi) is 4.59. The van der Waals surface area contributed by atoms with Crippen molar-refractivity contribution in [2.75, 3.05) is 14.2 Å². The van der Waals surface area contributed by atoms with Crippen LogP contribution in [0.1, 0.15) is 45.1 Å². The molecule has 0 radical (unpaired) electrons. The third-order valence-electron chi connectivity index (χ3n) is 4.71. The summed E-state index contributed by atoms with van der Waals surface area (Å²) in [5, 5.41) is 0. The maximum absolute atomic E-state index is 6.76. The van der Waals surface area contributed by atoms with Gasteiger partial charge in [0.1, 0.15) is 11.5 Å². The fourth-order valence-corrected chi connectivity index (χ4v) is 3.38. The molecule has 112 valence electrons. The lowest BCUT2D eigenvalue weighted by molar-refractivity contribution is 0.180. The molecular weight excluding hydrogens is 250 g/mol. The minimum Gasteiger partial charge on any atom is -0.497 e. The Balaban J connectivity index is 2.33. The van der Waals surface area contributed by atoms with Gasteiger partial charge >= 0.3 is 0 Å². The van der Waals surface area contributed by atoms with E-state index in [2.05, 4.69) is 19.9 Å². The molecular formula is C17H27NO2. The molecule has 2 rings (SSSR count). The van der Waals surface area contributed by atoms with Gasteiger partial charge in [-0.2, -0.15) is 0 Å². The Bertz CT molecular complexity index is 458. The molecule has 1 saturated carbocycles. The summed E-state index contributed by atoms with van der Waals surface area (Å²) in [4.78, 5) is 0. The van der Waals surface area contributed by atoms with E-state index >= 15 is 0 Å². The summed E-state index contributed by atoms with van der Waals surface area (Å²) >= 11 is 0. The number of ether oxygens (including phenoxy) is 2. The summed E-state index contributed by atoms with van der Waals surface area (Å²) in [6.45, 7) is 4.59. The molecule has 1 aliphatic carbocycles. The Morgan fingerprint density at radius 2 is 2.00 bits per heavy atom. The van der Waals surface area contributed by atoms with Crippen molar-refractivity contribution in [3.8, 4) is 11.5 Å². The van der Waals surface area contributed by atoms with Gasteiger partial charge in [-0.15, -0.1) is 0 Å². The molecule has 1 aliphatic rings. The van der Waals surface area contributed by atoms with Gasteiger partial charge in [-0.3, -0.25) is 0 Å². The van der Waals surface area contributed by atoms with Crippen molar-refractivity contribution < 1.29 is 9.47 Å². The molecule has 0 spiro atoms. The highest BCUT2D eigenvalue weighted by Gasteiger charge is 2.37. The second-order valence-corrected chi connectivity index (χ2v) is 6.32. The molecule has 2 unspecified atom stereocenters. The average molecular weight is 277 g/mol. The van der Waals surface area contributed by atoms with Crippen LogP contribution in [-0.2, 0) is 5.54 Å². The van der Waals surface area contributed by atoms with Crippen molar-refractivity contribution in [2.45, 2.75) is 45.1 Å². The summed E-state index contributed by atoms with van der Waals surface area (Å²) in [7, 11) is 3.37. The third-order valence-corrected chi connectivity index (χ3v) is 4.71. The number of hydrogen-bond acceptors (Lipinski definition) is 3. The minimum absolute atomic E-state index is 0.273. The molecule has 3 nitrogen and oxygen atoms in total. The van der Waals surface area contributed by atoms with Crippen LogP contribution < -0.4 is 15.2 Å². The molecule has 1 aromatic carbocycles. The molecule has 0 amide bonds. The lowest BCUT2D eigenvalue weighted by Gasteiger charge is -2.40. The van der Waals surface area contributed by atoms with Gasteiger partial charge in [0.25, 0.3) is 0 Å². The van der Waals surface area contributed by atoms with Crippen LogP contribution in [0.4, 0.5) is 0 Å². The average Bonchev–Trinajstić information content (AvgIpc) is 2.46. The summed E-state index contributed by atoms with van der Waals surface area (Å²) in [6.07, 6.45) is 4.54. The van der Waals surface area contributed by atoms with Gasteiger partial charge in [-0.1, -0.05) is 26.7 Å². The van der Waals surface area contributed by atoms with Crippen molar-refractivity contribution in [1.82, 2.24) is 0 Å². The van der Waals surface area contributed by atoms with E-state index in [4.69, 9.17) is 15.2 Å². The number of rotatable bonds is 4. The standard InChI is InChI=1S/C17H27NO2/c1-12(2)13-6-5-9-17(18,11-13)15-8-7-14(19-3)10-16(15)20-4/h7-8,10,12-13H,5-6,9,11,18H2,1-4H3. The van der Waals surface area contributed by atoms with Gasteiger partial charge in [-0.05, 0) is 36.8 Å². The Hall–Kier alpha value is -1.22. The molecule has 20 heavy (non-hydrogen) atoms. The first-order valence-electron chi connectivity index (χ1n) is 7.51. The highest BCUT2D eigenvalue weighted by Crippen LogP contribution is 2.44. The van der Waals surface area contributed by atoms with E-state index in [-0.39, 0.29) is 5.54 Å². The molecule has 0 aromatic heterocycles. The van der Waals surface area contributed by atoms with Crippen molar-refractivity contribution in [3.63, 3.8) is 0 Å². The van der Waals surface area contributed by atoms with Gasteiger partial charge in [0.15, 0.2) is 0 Å². The quantitative estimate of drug-likeness (QED) is 0.912. The van der Waals surface area contributed by atoms with E-state index in [0.717, 1.165) is 29.9 Å². The Morgan fingerprint density at radius 3 is 2.60 bits per heavy atom. The van der Waals surface area contributed by atoms with Gasteiger partial charge in [0, 0.05) is 17.2 Å². The van der Waals surface area contributed by atoms with Crippen molar-refractivity contribution in [1.29, 1.82) is 0 Å². The predicted molar refractivity (Wildman–Crippen MR) is 82.2 cm³/mol. The molecule has 2 atom stereocenters. The highest BCUT2D eigenvalue weighted by molar-refractivity contribution is 5.45. The molecule has 0 aliphatic heterocycles. The van der Waals surface area contributed by atoms with Crippen LogP contribution >= 0.6 is 0 Å². The number of hydrogen-bond donors (Lipinski definition) is 1. The summed E-state index contributed by atoms with van der Waals surface area (Å²) in [6, 6.07) is 5.98. The lowest BCUT2D eigenvalue weighted by atomic mass is 9.69. The van der Waals surface area contributed by atoms with Gasteiger partial charge in [-0.25, -0.2) is 0 Å². The smallest absolute Gasteiger partial charge is 0.127 e. The molecule has 0 heterocycles. The SMILES string of the molecule is COc1ccc(C2(N)CCCC(C(C)C)C2)c(OC)c1. The lowest BCUT2D eigenvalue weighted by Crippen LogP contribution is -2.42. The zero-order chi connectivity index (χ0) is 14.8. The van der Waals surface area contributed by atoms with E-state index < -0.39 is 0 Å². The number of nitrogens with two attached hydrogens (primary N) is 1. The molecule has 0 saturated heterocycles. The third kappa shape index (κ3) is 2.93. The second kappa shape index (κ2) is 6.04. The first-order chi connectivity index (χ1) is 9.50. The Morgan fingerprint density at radius 1 is 1.25 bits per heavy atom. The zero-order valence-corrected chi connectivity index (χ0v) is 13.1. The molecule has 1 fully saturated rings. The van der Waals surface area contributed by atoms with Crippen LogP contribution in [0.3, 0.4) is 0 Å². The van der Waals surface area contributed by atoms with Crippen molar-refractivity contribution in [2.24, 2.45) is 17.6 Å². The van der Waals surface area contributed by atoms with Crippen LogP contribution in [0, 0.1) is 11.8 Å². The Labute approximate surface area is 122 Å². The summed E-state index contributed by atoms with van der Waals surface area (Å²) in [5.74, 6) is 3.03. The second-order valence-electron chi connectivity index (χ2n) is 6.32. The molecule has 2 N–H and O–H groups in total. The number of methoxy groups -OCH3 is 2. The van der Waals surface area contributed by atoms with Crippen molar-refractivity contribution in [3.05, 3.63) is 23.8 Å². The van der Waals surface area contributed by atoms with E-state index in [1.54, 1.807) is 14.2 Å². The largest absolute Gasteiger partial charge is 0.497 e. The van der Waals surface area contributed by atoms with E-state index in [1.807, 2.05) is 12.1 Å². The van der Waals surface area contributed by atoms with Crippen LogP contribution in [0.5, 0.6) is 11.5 Å². The summed E-state index contributed by atoms with van der Waals surface area (Å²) < 4.78 is 10.8. The van der Waals surface area contributed by atoms with E-state index in [9.17, 15) is 0 Å². The minimum atomic E-state index is -0.273. The monoisotopic (exact) mass is 277 g/mol. The highest BCUT2D eigenvalue weighted by atomic mass is 16.5. The van der Waals surface area contributed by atoms with Gasteiger partial charge in [0.2, 0.25) is 0 Å².